The van der Waals surface area contributed by atoms with Gasteiger partial charge >= 0.3 is 0 Å². The van der Waals surface area contributed by atoms with E-state index >= 15 is 0 Å². The predicted octanol–water partition coefficient (Wildman–Crippen LogP) is 2.89. The molecule has 1 aromatic carbocycles. The first-order valence-electron chi connectivity index (χ1n) is 6.01. The number of hydrogen-bond donors (Lipinski definition) is 1. The SMILES string of the molecule is C=C(CNCC)CSc1ncnc2ccccc12. The number of aromatic nitrogens is 2. The second-order valence-electron chi connectivity index (χ2n) is 4.01. The van der Waals surface area contributed by atoms with Gasteiger partial charge in [0.25, 0.3) is 0 Å². The molecule has 0 bridgehead atoms. The number of benzene rings is 1. The summed E-state index contributed by atoms with van der Waals surface area (Å²) in [5.41, 5.74) is 2.18. The highest BCUT2D eigenvalue weighted by molar-refractivity contribution is 7.99. The van der Waals surface area contributed by atoms with E-state index in [1.165, 1.54) is 5.57 Å². The van der Waals surface area contributed by atoms with E-state index in [0.29, 0.717) is 0 Å². The van der Waals surface area contributed by atoms with Crippen LogP contribution in [0, 0.1) is 0 Å². The molecule has 2 aromatic rings. The van der Waals surface area contributed by atoms with Gasteiger partial charge in [0.1, 0.15) is 11.4 Å². The zero-order valence-electron chi connectivity index (χ0n) is 10.5. The van der Waals surface area contributed by atoms with Crippen molar-refractivity contribution in [1.29, 1.82) is 0 Å². The molecule has 1 aromatic heterocycles. The Hall–Kier alpha value is -1.39. The van der Waals surface area contributed by atoms with Crippen LogP contribution in [0.3, 0.4) is 0 Å². The van der Waals surface area contributed by atoms with E-state index in [1.807, 2.05) is 18.2 Å². The fourth-order valence-electron chi connectivity index (χ4n) is 1.62. The minimum Gasteiger partial charge on any atom is -0.313 e. The molecular formula is C14H17N3S. The van der Waals surface area contributed by atoms with Crippen LogP contribution in [0.4, 0.5) is 0 Å². The van der Waals surface area contributed by atoms with E-state index < -0.39 is 0 Å². The van der Waals surface area contributed by atoms with Crippen molar-refractivity contribution in [2.75, 3.05) is 18.8 Å². The molecule has 1 N–H and O–H groups in total. The molecule has 94 valence electrons. The Bertz CT molecular complexity index is 534. The van der Waals surface area contributed by atoms with Gasteiger partial charge in [-0.15, -0.1) is 11.8 Å². The predicted molar refractivity (Wildman–Crippen MR) is 77.9 cm³/mol. The standard InChI is InChI=1S/C14H17N3S/c1-3-15-8-11(2)9-18-14-12-6-4-5-7-13(12)16-10-17-14/h4-7,10,15H,2-3,8-9H2,1H3. The number of nitrogens with zero attached hydrogens (tertiary/aromatic N) is 2. The van der Waals surface area contributed by atoms with E-state index in [1.54, 1.807) is 18.1 Å². The molecule has 0 unspecified atom stereocenters. The molecule has 0 fully saturated rings. The highest BCUT2D eigenvalue weighted by Gasteiger charge is 2.04. The third-order valence-electron chi connectivity index (χ3n) is 2.54. The molecule has 0 aliphatic heterocycles. The molecule has 4 heteroatoms. The number of para-hydroxylation sites is 1. The Morgan fingerprint density at radius 1 is 1.33 bits per heavy atom. The zero-order valence-corrected chi connectivity index (χ0v) is 11.3. The average Bonchev–Trinajstić information content (AvgIpc) is 2.42. The first kappa shape index (κ1) is 13.1. The maximum atomic E-state index is 4.35. The lowest BCUT2D eigenvalue weighted by molar-refractivity contribution is 0.779. The number of nitrogens with one attached hydrogen (secondary N) is 1. The Kier molecular flexibility index (Phi) is 4.73. The molecule has 1 heterocycles. The van der Waals surface area contributed by atoms with Crippen LogP contribution in [0.5, 0.6) is 0 Å². The molecule has 2 rings (SSSR count). The highest BCUT2D eigenvalue weighted by Crippen LogP contribution is 2.25. The Labute approximate surface area is 112 Å². The minimum absolute atomic E-state index is 0.868. The summed E-state index contributed by atoms with van der Waals surface area (Å²) in [5, 5.41) is 5.41. The maximum Gasteiger partial charge on any atom is 0.117 e. The van der Waals surface area contributed by atoms with Crippen LogP contribution in [0.2, 0.25) is 0 Å². The summed E-state index contributed by atoms with van der Waals surface area (Å²) >= 11 is 1.72. The maximum absolute atomic E-state index is 4.35. The van der Waals surface area contributed by atoms with Crippen LogP contribution in [0.25, 0.3) is 10.9 Å². The molecule has 0 saturated heterocycles. The summed E-state index contributed by atoms with van der Waals surface area (Å²) in [6.07, 6.45) is 1.62. The minimum atomic E-state index is 0.868. The van der Waals surface area contributed by atoms with Crippen LogP contribution in [0.15, 0.2) is 47.8 Å². The summed E-state index contributed by atoms with van der Waals surface area (Å²) in [5.74, 6) is 0.883. The van der Waals surface area contributed by atoms with Crippen molar-refractivity contribution >= 4 is 22.7 Å². The van der Waals surface area contributed by atoms with Crippen molar-refractivity contribution in [2.24, 2.45) is 0 Å². The molecule has 18 heavy (non-hydrogen) atoms. The Morgan fingerprint density at radius 2 is 2.17 bits per heavy atom. The normalized spacial score (nSPS) is 10.7. The number of likely N-dealkylation sites (N-methyl/N-ethyl adjacent to an activating group) is 1. The Morgan fingerprint density at radius 3 is 3.00 bits per heavy atom. The van der Waals surface area contributed by atoms with Gasteiger partial charge in [-0.2, -0.15) is 0 Å². The van der Waals surface area contributed by atoms with E-state index in [0.717, 1.165) is 34.8 Å². The first-order chi connectivity index (χ1) is 8.81. The Balaban J connectivity index is 2.05. The van der Waals surface area contributed by atoms with Crippen molar-refractivity contribution in [2.45, 2.75) is 11.9 Å². The summed E-state index contributed by atoms with van der Waals surface area (Å²) in [6.45, 7) is 8.00. The van der Waals surface area contributed by atoms with Crippen molar-refractivity contribution in [1.82, 2.24) is 15.3 Å². The first-order valence-corrected chi connectivity index (χ1v) is 6.99. The topological polar surface area (TPSA) is 37.8 Å². The summed E-state index contributed by atoms with van der Waals surface area (Å²) in [6, 6.07) is 8.08. The van der Waals surface area contributed by atoms with Gasteiger partial charge < -0.3 is 5.32 Å². The largest absolute Gasteiger partial charge is 0.313 e. The lowest BCUT2D eigenvalue weighted by Crippen LogP contribution is -2.16. The third-order valence-corrected chi connectivity index (χ3v) is 3.70. The van der Waals surface area contributed by atoms with Gasteiger partial charge in [-0.25, -0.2) is 9.97 Å². The van der Waals surface area contributed by atoms with E-state index in [2.05, 4.69) is 34.9 Å². The molecule has 0 saturated carbocycles. The fourth-order valence-corrected chi connectivity index (χ4v) is 2.51. The summed E-state index contributed by atoms with van der Waals surface area (Å²) in [4.78, 5) is 8.61. The van der Waals surface area contributed by atoms with Crippen molar-refractivity contribution in [3.8, 4) is 0 Å². The fraction of sp³-hybridized carbons (Fsp3) is 0.286. The molecule has 0 spiro atoms. The van der Waals surface area contributed by atoms with Gasteiger partial charge in [0.2, 0.25) is 0 Å². The lowest BCUT2D eigenvalue weighted by Gasteiger charge is -2.07. The number of thioether (sulfide) groups is 1. The number of rotatable bonds is 6. The van der Waals surface area contributed by atoms with Crippen molar-refractivity contribution in [3.63, 3.8) is 0 Å². The number of fused-ring (bicyclic) bond motifs is 1. The summed E-state index contributed by atoms with van der Waals surface area (Å²) < 4.78 is 0. The van der Waals surface area contributed by atoms with Crippen LogP contribution < -0.4 is 5.32 Å². The van der Waals surface area contributed by atoms with E-state index in [4.69, 9.17) is 0 Å². The molecule has 0 radical (unpaired) electrons. The van der Waals surface area contributed by atoms with Crippen LogP contribution in [-0.4, -0.2) is 28.8 Å². The zero-order chi connectivity index (χ0) is 12.8. The van der Waals surface area contributed by atoms with Gasteiger partial charge in [0.05, 0.1) is 5.52 Å². The third kappa shape index (κ3) is 3.31. The lowest BCUT2D eigenvalue weighted by atomic mass is 10.2. The molecule has 0 atom stereocenters. The second-order valence-corrected chi connectivity index (χ2v) is 4.98. The van der Waals surface area contributed by atoms with Crippen LogP contribution in [0.1, 0.15) is 6.92 Å². The quantitative estimate of drug-likeness (QED) is 0.492. The molecule has 0 amide bonds. The van der Waals surface area contributed by atoms with Gasteiger partial charge in [0, 0.05) is 17.7 Å². The van der Waals surface area contributed by atoms with Crippen molar-refractivity contribution in [3.05, 3.63) is 42.7 Å². The van der Waals surface area contributed by atoms with Gasteiger partial charge in [-0.3, -0.25) is 0 Å². The molecule has 0 aliphatic carbocycles. The van der Waals surface area contributed by atoms with Gasteiger partial charge in [-0.05, 0) is 12.6 Å². The second kappa shape index (κ2) is 6.52. The summed E-state index contributed by atoms with van der Waals surface area (Å²) in [7, 11) is 0. The molecular weight excluding hydrogens is 242 g/mol. The van der Waals surface area contributed by atoms with E-state index in [-0.39, 0.29) is 0 Å². The van der Waals surface area contributed by atoms with Gasteiger partial charge in [0.15, 0.2) is 0 Å². The van der Waals surface area contributed by atoms with Gasteiger partial charge in [-0.1, -0.05) is 37.3 Å². The van der Waals surface area contributed by atoms with Crippen LogP contribution in [-0.2, 0) is 0 Å². The smallest absolute Gasteiger partial charge is 0.117 e. The van der Waals surface area contributed by atoms with Crippen molar-refractivity contribution < 1.29 is 0 Å². The average molecular weight is 259 g/mol. The molecule has 0 aliphatic rings. The monoisotopic (exact) mass is 259 g/mol. The number of hydrogen-bond acceptors (Lipinski definition) is 4. The molecule has 3 nitrogen and oxygen atoms in total. The van der Waals surface area contributed by atoms with Crippen LogP contribution >= 0.6 is 11.8 Å². The van der Waals surface area contributed by atoms with E-state index in [9.17, 15) is 0 Å². The highest BCUT2D eigenvalue weighted by atomic mass is 32.2.